The molecule has 24 heavy (non-hydrogen) atoms. The molecule has 0 unspecified atom stereocenters. The van der Waals surface area contributed by atoms with Crippen molar-refractivity contribution >= 4 is 28.9 Å². The summed E-state index contributed by atoms with van der Waals surface area (Å²) in [6, 6.07) is 10.6. The average molecular weight is 349 g/mol. The highest BCUT2D eigenvalue weighted by atomic mass is 35.5. The van der Waals surface area contributed by atoms with Crippen LogP contribution in [-0.2, 0) is 11.2 Å². The molecule has 5 heteroatoms. The molecular weight excluding hydrogens is 327 g/mol. The number of halogens is 2. The molecule has 128 valence electrons. The monoisotopic (exact) mass is 348 g/mol. The van der Waals surface area contributed by atoms with Crippen molar-refractivity contribution in [2.75, 3.05) is 25.5 Å². The van der Waals surface area contributed by atoms with Crippen LogP contribution in [0.2, 0.25) is 5.02 Å². The van der Waals surface area contributed by atoms with Crippen molar-refractivity contribution in [3.8, 4) is 0 Å². The summed E-state index contributed by atoms with van der Waals surface area (Å²) in [6.45, 7) is 4.41. The van der Waals surface area contributed by atoms with Crippen LogP contribution in [-0.4, -0.2) is 31.4 Å². The van der Waals surface area contributed by atoms with Crippen molar-refractivity contribution < 1.29 is 9.18 Å². The van der Waals surface area contributed by atoms with Gasteiger partial charge in [0.15, 0.2) is 0 Å². The topological polar surface area (TPSA) is 23.6 Å². The standard InChI is InChI=1S/C19H22ClFN2O/c1-5-22(3)18(24)11-14-8-6-7-9-17(14)23(4)19-13(2)10-15(20)12-16(19)21/h6-10,12H,5,11H2,1-4H3. The fourth-order valence-electron chi connectivity index (χ4n) is 2.70. The van der Waals surface area contributed by atoms with E-state index in [4.69, 9.17) is 11.6 Å². The molecule has 0 aromatic heterocycles. The van der Waals surface area contributed by atoms with Gasteiger partial charge in [0.1, 0.15) is 5.82 Å². The number of amides is 1. The van der Waals surface area contributed by atoms with Crippen molar-refractivity contribution in [1.29, 1.82) is 0 Å². The van der Waals surface area contributed by atoms with E-state index in [1.54, 1.807) is 30.0 Å². The Balaban J connectivity index is 2.41. The van der Waals surface area contributed by atoms with Gasteiger partial charge in [0, 0.05) is 31.4 Å². The number of rotatable bonds is 5. The van der Waals surface area contributed by atoms with Crippen molar-refractivity contribution in [2.45, 2.75) is 20.3 Å². The molecule has 0 aliphatic carbocycles. The molecule has 0 aliphatic heterocycles. The number of hydrogen-bond acceptors (Lipinski definition) is 2. The quantitative estimate of drug-likeness (QED) is 0.789. The second-order valence-corrected chi connectivity index (χ2v) is 6.26. The predicted octanol–water partition coefficient (Wildman–Crippen LogP) is 4.58. The molecule has 0 spiro atoms. The number of likely N-dealkylation sites (N-methyl/N-ethyl adjacent to an activating group) is 1. The second kappa shape index (κ2) is 7.67. The lowest BCUT2D eigenvalue weighted by Crippen LogP contribution is -2.28. The van der Waals surface area contributed by atoms with Crippen molar-refractivity contribution in [3.63, 3.8) is 0 Å². The van der Waals surface area contributed by atoms with Crippen LogP contribution in [0.5, 0.6) is 0 Å². The van der Waals surface area contributed by atoms with Crippen LogP contribution in [0.15, 0.2) is 36.4 Å². The highest BCUT2D eigenvalue weighted by Gasteiger charge is 2.18. The molecular formula is C19H22ClFN2O. The van der Waals surface area contributed by atoms with Crippen LogP contribution in [0.1, 0.15) is 18.1 Å². The summed E-state index contributed by atoms with van der Waals surface area (Å²) < 4.78 is 14.4. The molecule has 0 radical (unpaired) electrons. The smallest absolute Gasteiger partial charge is 0.226 e. The summed E-state index contributed by atoms with van der Waals surface area (Å²) in [4.78, 5) is 15.7. The Bertz CT molecular complexity index is 725. The van der Waals surface area contributed by atoms with Crippen LogP contribution in [0, 0.1) is 12.7 Å². The van der Waals surface area contributed by atoms with Gasteiger partial charge in [0.05, 0.1) is 12.1 Å². The van der Waals surface area contributed by atoms with E-state index >= 15 is 0 Å². The molecule has 0 aliphatic rings. The summed E-state index contributed by atoms with van der Waals surface area (Å²) in [6.07, 6.45) is 0.277. The molecule has 0 fully saturated rings. The molecule has 2 aromatic rings. The minimum Gasteiger partial charge on any atom is -0.346 e. The maximum atomic E-state index is 14.4. The van der Waals surface area contributed by atoms with E-state index in [1.165, 1.54) is 6.07 Å². The third-order valence-electron chi connectivity index (χ3n) is 4.15. The van der Waals surface area contributed by atoms with E-state index in [9.17, 15) is 9.18 Å². The Labute approximate surface area is 147 Å². The third kappa shape index (κ3) is 3.88. The zero-order valence-corrected chi connectivity index (χ0v) is 15.2. The Morgan fingerprint density at radius 2 is 1.88 bits per heavy atom. The lowest BCUT2D eigenvalue weighted by molar-refractivity contribution is -0.128. The molecule has 0 bridgehead atoms. The van der Waals surface area contributed by atoms with Gasteiger partial charge in [-0.15, -0.1) is 0 Å². The highest BCUT2D eigenvalue weighted by Crippen LogP contribution is 2.33. The van der Waals surface area contributed by atoms with Gasteiger partial charge in [0.25, 0.3) is 0 Å². The Morgan fingerprint density at radius 3 is 2.50 bits per heavy atom. The summed E-state index contributed by atoms with van der Waals surface area (Å²) in [5.41, 5.74) is 2.87. The first-order valence-corrected chi connectivity index (χ1v) is 8.24. The van der Waals surface area contributed by atoms with E-state index < -0.39 is 0 Å². The van der Waals surface area contributed by atoms with Gasteiger partial charge in [-0.25, -0.2) is 4.39 Å². The maximum Gasteiger partial charge on any atom is 0.226 e. The lowest BCUT2D eigenvalue weighted by atomic mass is 10.1. The number of aryl methyl sites for hydroxylation is 1. The molecule has 0 atom stereocenters. The number of para-hydroxylation sites is 1. The zero-order chi connectivity index (χ0) is 17.9. The first-order valence-electron chi connectivity index (χ1n) is 7.86. The maximum absolute atomic E-state index is 14.4. The zero-order valence-electron chi connectivity index (χ0n) is 14.4. The van der Waals surface area contributed by atoms with Gasteiger partial charge >= 0.3 is 0 Å². The van der Waals surface area contributed by atoms with Gasteiger partial charge in [-0.2, -0.15) is 0 Å². The minimum absolute atomic E-state index is 0.0339. The van der Waals surface area contributed by atoms with Gasteiger partial charge in [0.2, 0.25) is 5.91 Å². The molecule has 2 rings (SSSR count). The molecule has 0 heterocycles. The van der Waals surface area contributed by atoms with Crippen LogP contribution >= 0.6 is 11.6 Å². The van der Waals surface area contributed by atoms with E-state index in [0.29, 0.717) is 17.3 Å². The molecule has 0 saturated carbocycles. The fraction of sp³-hybridized carbons (Fsp3) is 0.316. The average Bonchev–Trinajstić information content (AvgIpc) is 2.53. The van der Waals surface area contributed by atoms with Gasteiger partial charge < -0.3 is 9.80 Å². The largest absolute Gasteiger partial charge is 0.346 e. The lowest BCUT2D eigenvalue weighted by Gasteiger charge is -2.25. The number of carbonyl (C=O) groups is 1. The predicted molar refractivity (Wildman–Crippen MR) is 97.7 cm³/mol. The third-order valence-corrected chi connectivity index (χ3v) is 4.37. The van der Waals surface area contributed by atoms with E-state index in [2.05, 4.69) is 0 Å². The molecule has 0 saturated heterocycles. The van der Waals surface area contributed by atoms with Crippen LogP contribution in [0.25, 0.3) is 0 Å². The second-order valence-electron chi connectivity index (χ2n) is 5.83. The number of anilines is 2. The van der Waals surface area contributed by atoms with E-state index in [1.807, 2.05) is 38.1 Å². The summed E-state index contributed by atoms with van der Waals surface area (Å²) in [7, 11) is 3.57. The van der Waals surface area contributed by atoms with Gasteiger partial charge in [-0.05, 0) is 43.2 Å². The molecule has 1 amide bonds. The van der Waals surface area contributed by atoms with Gasteiger partial charge in [-0.3, -0.25) is 4.79 Å². The Morgan fingerprint density at radius 1 is 1.21 bits per heavy atom. The highest BCUT2D eigenvalue weighted by molar-refractivity contribution is 6.30. The number of carbonyl (C=O) groups excluding carboxylic acids is 1. The number of benzene rings is 2. The summed E-state index contributed by atoms with van der Waals surface area (Å²) in [5, 5.41) is 0.371. The van der Waals surface area contributed by atoms with Crippen molar-refractivity contribution in [1.82, 2.24) is 4.90 Å². The summed E-state index contributed by atoms with van der Waals surface area (Å²) >= 11 is 5.92. The normalized spacial score (nSPS) is 10.6. The SMILES string of the molecule is CCN(C)C(=O)Cc1ccccc1N(C)c1c(C)cc(Cl)cc1F. The van der Waals surface area contributed by atoms with E-state index in [-0.39, 0.29) is 18.1 Å². The molecule has 3 nitrogen and oxygen atoms in total. The Kier molecular flexibility index (Phi) is 5.84. The van der Waals surface area contributed by atoms with Crippen LogP contribution < -0.4 is 4.90 Å². The molecule has 2 aromatic carbocycles. The van der Waals surface area contributed by atoms with E-state index in [0.717, 1.165) is 16.8 Å². The first kappa shape index (κ1) is 18.3. The van der Waals surface area contributed by atoms with Crippen molar-refractivity contribution in [2.24, 2.45) is 0 Å². The minimum atomic E-state index is -0.380. The van der Waals surface area contributed by atoms with Crippen molar-refractivity contribution in [3.05, 3.63) is 58.4 Å². The molecule has 0 N–H and O–H groups in total. The number of nitrogens with zero attached hydrogens (tertiary/aromatic N) is 2. The van der Waals surface area contributed by atoms with Gasteiger partial charge in [-0.1, -0.05) is 29.8 Å². The number of hydrogen-bond donors (Lipinski definition) is 0. The summed E-state index contributed by atoms with van der Waals surface area (Å²) in [5.74, 6) is -0.346. The van der Waals surface area contributed by atoms with Crippen LogP contribution in [0.3, 0.4) is 0 Å². The van der Waals surface area contributed by atoms with Crippen LogP contribution in [0.4, 0.5) is 15.8 Å². The Hall–Kier alpha value is -2.07. The first-order chi connectivity index (χ1) is 11.3. The fourth-order valence-corrected chi connectivity index (χ4v) is 2.96.